The molecule has 0 bridgehead atoms. The van der Waals surface area contributed by atoms with Gasteiger partial charge in [-0.25, -0.2) is 0 Å². The van der Waals surface area contributed by atoms with Gasteiger partial charge in [0.1, 0.15) is 0 Å². The van der Waals surface area contributed by atoms with Crippen LogP contribution in [0.25, 0.3) is 32.3 Å². The van der Waals surface area contributed by atoms with Crippen molar-refractivity contribution in [1.82, 2.24) is 0 Å². The zero-order valence-corrected chi connectivity index (χ0v) is 47.6. The third kappa shape index (κ3) is 9.05. The van der Waals surface area contributed by atoms with Gasteiger partial charge in [-0.1, -0.05) is 177 Å². The zero-order valence-electron chi connectivity index (χ0n) is 43.8. The molecule has 3 N–H and O–H groups in total. The Morgan fingerprint density at radius 1 is 0.449 bits per heavy atom. The highest BCUT2D eigenvalue weighted by Crippen LogP contribution is 2.52. The van der Waals surface area contributed by atoms with E-state index in [4.69, 9.17) is 34.8 Å². The number of hydrogen-bond donors (Lipinski definition) is 3. The Balaban J connectivity index is 0.000000132. The lowest BCUT2D eigenvalue weighted by atomic mass is 9.83. The predicted octanol–water partition coefficient (Wildman–Crippen LogP) is 14.8. The molecule has 9 nitrogen and oxygen atoms in total. The largest absolute Gasteiger partial charge is 0.372 e. The highest BCUT2D eigenvalue weighted by molar-refractivity contribution is 9.10. The molecule has 0 saturated carbocycles. The number of amides is 3. The predicted molar refractivity (Wildman–Crippen MR) is 320 cm³/mol. The van der Waals surface area contributed by atoms with Crippen LogP contribution in [0.3, 0.4) is 0 Å². The second kappa shape index (κ2) is 21.6. The summed E-state index contributed by atoms with van der Waals surface area (Å²) in [6, 6.07) is 51.4. The van der Waals surface area contributed by atoms with Crippen molar-refractivity contribution in [2.75, 3.05) is 34.3 Å². The summed E-state index contributed by atoms with van der Waals surface area (Å²) in [6.07, 6.45) is 2.37. The monoisotopic (exact) mass is 1160 g/mol. The summed E-state index contributed by atoms with van der Waals surface area (Å²) in [5.74, 6) is -0.980. The fourth-order valence-corrected chi connectivity index (χ4v) is 12.7. The van der Waals surface area contributed by atoms with E-state index < -0.39 is 22.7 Å². The number of benzene rings is 9. The number of aliphatic hydroxyl groups is 3. The molecule has 0 aromatic heterocycles. The number of rotatable bonds is 9. The van der Waals surface area contributed by atoms with Gasteiger partial charge >= 0.3 is 0 Å². The van der Waals surface area contributed by atoms with Gasteiger partial charge in [0, 0.05) is 51.4 Å². The van der Waals surface area contributed by atoms with Gasteiger partial charge in [0.2, 0.25) is 0 Å². The van der Waals surface area contributed by atoms with Crippen molar-refractivity contribution in [2.24, 2.45) is 0 Å². The quantitative estimate of drug-likeness (QED) is 0.132. The number of nitrogens with zero attached hydrogens (tertiary/aromatic N) is 3. The number of carbonyl (C=O) groups excluding carboxylic acids is 3. The maximum absolute atomic E-state index is 13.4. The molecular weight excluding hydrogens is 1100 g/mol. The van der Waals surface area contributed by atoms with Gasteiger partial charge < -0.3 is 30.0 Å². The van der Waals surface area contributed by atoms with Crippen LogP contribution in [0.4, 0.5) is 17.1 Å². The molecule has 3 aliphatic heterocycles. The Morgan fingerprint density at radius 2 is 0.936 bits per heavy atom. The fourth-order valence-electron chi connectivity index (χ4n) is 11.6. The minimum Gasteiger partial charge on any atom is -0.372 e. The van der Waals surface area contributed by atoms with Crippen LogP contribution in [0.5, 0.6) is 0 Å². The van der Waals surface area contributed by atoms with Crippen LogP contribution in [0, 0.1) is 13.8 Å². The smallest absolute Gasteiger partial charge is 0.268 e. The van der Waals surface area contributed by atoms with E-state index in [9.17, 15) is 29.7 Å². The van der Waals surface area contributed by atoms with Crippen LogP contribution in [-0.4, -0.2) is 52.7 Å². The lowest BCUT2D eigenvalue weighted by Crippen LogP contribution is -2.41. The Labute approximate surface area is 477 Å². The first kappa shape index (κ1) is 54.7. The van der Waals surface area contributed by atoms with Crippen LogP contribution in [0.15, 0.2) is 168 Å². The Hall–Kier alpha value is -6.60. The van der Waals surface area contributed by atoms with E-state index in [2.05, 4.69) is 15.9 Å². The van der Waals surface area contributed by atoms with Crippen LogP contribution in [0.1, 0.15) is 84.5 Å². The average molecular weight is 1160 g/mol. The van der Waals surface area contributed by atoms with Crippen LogP contribution < -0.4 is 14.7 Å². The van der Waals surface area contributed by atoms with Gasteiger partial charge in [0.25, 0.3) is 17.7 Å². The Morgan fingerprint density at radius 3 is 1.53 bits per heavy atom. The van der Waals surface area contributed by atoms with Crippen molar-refractivity contribution >= 4 is 118 Å². The van der Waals surface area contributed by atoms with Gasteiger partial charge in [-0.15, -0.1) is 0 Å². The van der Waals surface area contributed by atoms with Crippen LogP contribution >= 0.6 is 50.7 Å². The molecule has 0 fully saturated rings. The standard InChI is InChI=1S/C23H23NO2.C21H17BrClNO2.C21H17Cl2NO2/c1-4-11-24-20-13-15(2)12-16(3)21(20)23(26,22(24)25)19-10-9-17-7-5-6-8-18(17)14-19;1-2-9-24-19-12-18(23)17(22)11-16(19)21(26,20(24)25)15-8-7-13-5-3-4-6-14(13)10-15;1-2-10-24-18-12-14(22)11-17(23)19(18)21(26,20(24)25)16-9-5-7-13-6-3-4-8-15(13)16/h5-10,12-14,26H,4,11H2,1-3H3;3-8,10-12,26H,2,9H2,1H3;3-9,11-12,26H,2,10H2,1H3. The van der Waals surface area contributed by atoms with Crippen molar-refractivity contribution in [3.8, 4) is 0 Å². The van der Waals surface area contributed by atoms with E-state index in [1.54, 1.807) is 45.0 Å². The first-order valence-electron chi connectivity index (χ1n) is 26.1. The Kier molecular flexibility index (Phi) is 15.1. The first-order chi connectivity index (χ1) is 37.4. The molecule has 3 heterocycles. The molecule has 3 atom stereocenters. The third-order valence-electron chi connectivity index (χ3n) is 15.0. The molecule has 9 aromatic rings. The van der Waals surface area contributed by atoms with Crippen molar-refractivity contribution in [2.45, 2.75) is 70.7 Å². The molecule has 3 aliphatic rings. The van der Waals surface area contributed by atoms with Gasteiger partial charge in [0.05, 0.1) is 27.1 Å². The molecule has 3 amide bonds. The lowest BCUT2D eigenvalue weighted by molar-refractivity contribution is -0.132. The molecule has 3 unspecified atom stereocenters. The van der Waals surface area contributed by atoms with Crippen molar-refractivity contribution < 1.29 is 29.7 Å². The van der Waals surface area contributed by atoms with E-state index in [-0.39, 0.29) is 16.8 Å². The summed E-state index contributed by atoms with van der Waals surface area (Å²) in [4.78, 5) is 44.9. The average Bonchev–Trinajstić information content (AvgIpc) is 3.89. The van der Waals surface area contributed by atoms with E-state index in [0.29, 0.717) is 73.3 Å². The van der Waals surface area contributed by atoms with Crippen molar-refractivity contribution in [3.63, 3.8) is 0 Å². The van der Waals surface area contributed by atoms with E-state index in [1.807, 2.05) is 168 Å². The second-order valence-electron chi connectivity index (χ2n) is 20.2. The number of fused-ring (bicyclic) bond motifs is 6. The summed E-state index contributed by atoms with van der Waals surface area (Å²) >= 11 is 22.3. The van der Waals surface area contributed by atoms with Crippen molar-refractivity contribution in [1.29, 1.82) is 0 Å². The number of hydrogen-bond acceptors (Lipinski definition) is 6. The summed E-state index contributed by atoms with van der Waals surface area (Å²) in [5.41, 5.74) is 2.34. The normalized spacial score (nSPS) is 19.2. The zero-order chi connectivity index (χ0) is 55.4. The highest BCUT2D eigenvalue weighted by atomic mass is 79.9. The Bertz CT molecular complexity index is 3880. The molecule has 9 aromatic carbocycles. The maximum atomic E-state index is 13.4. The van der Waals surface area contributed by atoms with Gasteiger partial charge in [-0.2, -0.15) is 0 Å². The third-order valence-corrected chi connectivity index (χ3v) is 16.8. The summed E-state index contributed by atoms with van der Waals surface area (Å²) in [7, 11) is 0. The minimum atomic E-state index is -1.84. The van der Waals surface area contributed by atoms with E-state index in [0.717, 1.165) is 74.0 Å². The molecule has 0 spiro atoms. The highest BCUT2D eigenvalue weighted by Gasteiger charge is 2.54. The van der Waals surface area contributed by atoms with Gasteiger partial charge in [-0.3, -0.25) is 14.4 Å². The molecule has 13 heteroatoms. The van der Waals surface area contributed by atoms with Gasteiger partial charge in [-0.05, 0) is 146 Å². The fraction of sp³-hybridized carbons (Fsp3) is 0.215. The number of anilines is 3. The topological polar surface area (TPSA) is 122 Å². The molecule has 78 heavy (non-hydrogen) atoms. The number of aryl methyl sites for hydroxylation is 2. The summed E-state index contributed by atoms with van der Waals surface area (Å²) in [5, 5.41) is 42.2. The first-order valence-corrected chi connectivity index (χ1v) is 28.0. The maximum Gasteiger partial charge on any atom is 0.268 e. The molecule has 0 radical (unpaired) electrons. The summed E-state index contributed by atoms with van der Waals surface area (Å²) < 4.78 is 0.656. The van der Waals surface area contributed by atoms with Crippen molar-refractivity contribution in [3.05, 3.63) is 228 Å². The minimum absolute atomic E-state index is 0.252. The molecule has 0 saturated heterocycles. The lowest BCUT2D eigenvalue weighted by Gasteiger charge is -2.25. The molecule has 12 rings (SSSR count). The number of halogens is 4. The van der Waals surface area contributed by atoms with E-state index >= 15 is 0 Å². The number of carbonyl (C=O) groups is 3. The molecule has 396 valence electrons. The SMILES string of the molecule is CCCN1C(=O)C(O)(c2ccc3ccccc3c2)c2c(C)cc(C)cc21.CCCN1C(=O)C(O)(c2ccc3ccccc3c2)c2cc(Br)c(Cl)cc21.CCCN1C(=O)C(O)(c2cccc3ccccc23)c2c(Cl)cc(Cl)cc21. The van der Waals surface area contributed by atoms with E-state index in [1.165, 1.54) is 0 Å². The van der Waals surface area contributed by atoms with Crippen LogP contribution in [0.2, 0.25) is 15.1 Å². The summed E-state index contributed by atoms with van der Waals surface area (Å²) in [6.45, 7) is 11.6. The second-order valence-corrected chi connectivity index (χ2v) is 22.3. The van der Waals surface area contributed by atoms with Gasteiger partial charge in [0.15, 0.2) is 16.8 Å². The molecular formula is C65H57BrCl3N3O6. The van der Waals surface area contributed by atoms with Crippen LogP contribution in [-0.2, 0) is 31.2 Å². The molecule has 0 aliphatic carbocycles.